The Kier molecular flexibility index (Phi) is 5.67. The van der Waals surface area contributed by atoms with Gasteiger partial charge in [0.05, 0.1) is 0 Å². The number of hydrogen-bond donors (Lipinski definition) is 2. The molecule has 8 heteroatoms. The predicted octanol–water partition coefficient (Wildman–Crippen LogP) is 0.225. The Morgan fingerprint density at radius 2 is 1.94 bits per heavy atom. The van der Waals surface area contributed by atoms with E-state index < -0.39 is 18.8 Å². The van der Waals surface area contributed by atoms with Crippen LogP contribution in [-0.2, 0) is 0 Å². The molecule has 0 bridgehead atoms. The summed E-state index contributed by atoms with van der Waals surface area (Å²) in [6.45, 7) is 2.39. The summed E-state index contributed by atoms with van der Waals surface area (Å²) >= 11 is 0. The zero-order valence-electron chi connectivity index (χ0n) is 10.2. The van der Waals surface area contributed by atoms with Crippen LogP contribution in [0.3, 0.4) is 0 Å². The second-order valence-electron chi connectivity index (χ2n) is 4.24. The first-order valence-electron chi connectivity index (χ1n) is 5.94. The van der Waals surface area contributed by atoms with Gasteiger partial charge >= 0.3 is 12.2 Å². The van der Waals surface area contributed by atoms with Gasteiger partial charge in [0, 0.05) is 32.7 Å². The summed E-state index contributed by atoms with van der Waals surface area (Å²) in [5.41, 5.74) is 5.44. The van der Waals surface area contributed by atoms with E-state index in [0.717, 1.165) is 19.5 Å². The van der Waals surface area contributed by atoms with Gasteiger partial charge in [-0.15, -0.1) is 0 Å². The summed E-state index contributed by atoms with van der Waals surface area (Å²) in [6.07, 6.45) is -3.62. The van der Waals surface area contributed by atoms with E-state index in [-0.39, 0.29) is 0 Å². The van der Waals surface area contributed by atoms with Crippen LogP contribution in [0.5, 0.6) is 0 Å². The zero-order valence-corrected chi connectivity index (χ0v) is 10.2. The summed E-state index contributed by atoms with van der Waals surface area (Å²) < 4.78 is 35.9. The van der Waals surface area contributed by atoms with Crippen LogP contribution in [-0.4, -0.2) is 67.8 Å². The third-order valence-corrected chi connectivity index (χ3v) is 2.76. The van der Waals surface area contributed by atoms with E-state index in [9.17, 15) is 18.0 Å². The van der Waals surface area contributed by atoms with E-state index in [1.54, 1.807) is 0 Å². The molecular weight excluding hydrogens is 249 g/mol. The Morgan fingerprint density at radius 3 is 2.56 bits per heavy atom. The van der Waals surface area contributed by atoms with Crippen molar-refractivity contribution in [1.29, 1.82) is 0 Å². The van der Waals surface area contributed by atoms with Crippen LogP contribution >= 0.6 is 0 Å². The number of hydrogen-bond acceptors (Lipinski definition) is 3. The number of halogens is 3. The van der Waals surface area contributed by atoms with Gasteiger partial charge in [0.2, 0.25) is 0 Å². The number of nitrogens with two attached hydrogens (primary N) is 1. The molecule has 0 radical (unpaired) electrons. The van der Waals surface area contributed by atoms with Crippen LogP contribution < -0.4 is 11.1 Å². The van der Waals surface area contributed by atoms with Crippen LogP contribution in [0.2, 0.25) is 0 Å². The molecule has 0 unspecified atom stereocenters. The molecule has 3 N–H and O–H groups in total. The number of rotatable bonds is 3. The van der Waals surface area contributed by atoms with E-state index in [1.165, 1.54) is 4.90 Å². The van der Waals surface area contributed by atoms with Crippen molar-refractivity contribution in [1.82, 2.24) is 15.1 Å². The zero-order chi connectivity index (χ0) is 13.6. The average Bonchev–Trinajstić information content (AvgIpc) is 2.51. The van der Waals surface area contributed by atoms with Gasteiger partial charge in [0.15, 0.2) is 0 Å². The number of nitrogens with one attached hydrogen (secondary N) is 1. The first-order chi connectivity index (χ1) is 8.42. The van der Waals surface area contributed by atoms with Gasteiger partial charge in [-0.1, -0.05) is 0 Å². The van der Waals surface area contributed by atoms with Crippen molar-refractivity contribution >= 4 is 6.03 Å². The van der Waals surface area contributed by atoms with E-state index >= 15 is 0 Å². The molecule has 0 spiro atoms. The molecule has 18 heavy (non-hydrogen) atoms. The molecule has 0 aromatic carbocycles. The van der Waals surface area contributed by atoms with Crippen LogP contribution in [0.25, 0.3) is 0 Å². The van der Waals surface area contributed by atoms with Crippen LogP contribution in [0.15, 0.2) is 0 Å². The van der Waals surface area contributed by atoms with E-state index in [1.807, 2.05) is 5.32 Å². The maximum Gasteiger partial charge on any atom is 0.405 e. The maximum absolute atomic E-state index is 12.0. The first-order valence-corrected chi connectivity index (χ1v) is 5.94. The molecular formula is C10H19F3N4O. The van der Waals surface area contributed by atoms with Gasteiger partial charge in [-0.2, -0.15) is 13.2 Å². The van der Waals surface area contributed by atoms with Crippen molar-refractivity contribution in [2.24, 2.45) is 5.73 Å². The highest BCUT2D eigenvalue weighted by atomic mass is 19.4. The summed E-state index contributed by atoms with van der Waals surface area (Å²) in [5.74, 6) is 0. The maximum atomic E-state index is 12.0. The molecule has 1 rings (SSSR count). The molecule has 0 saturated carbocycles. The topological polar surface area (TPSA) is 61.6 Å². The second kappa shape index (κ2) is 6.79. The van der Waals surface area contributed by atoms with Crippen molar-refractivity contribution in [3.63, 3.8) is 0 Å². The Morgan fingerprint density at radius 1 is 1.22 bits per heavy atom. The van der Waals surface area contributed by atoms with Gasteiger partial charge in [-0.05, 0) is 13.0 Å². The predicted molar refractivity (Wildman–Crippen MR) is 61.1 cm³/mol. The van der Waals surface area contributed by atoms with E-state index in [2.05, 4.69) is 4.90 Å². The average molecular weight is 268 g/mol. The van der Waals surface area contributed by atoms with Gasteiger partial charge < -0.3 is 20.9 Å². The number of carbonyl (C=O) groups excluding carboxylic acids is 1. The molecule has 2 amide bonds. The molecule has 1 aliphatic heterocycles. The quantitative estimate of drug-likeness (QED) is 0.770. The molecule has 1 saturated heterocycles. The molecule has 1 heterocycles. The highest BCUT2D eigenvalue weighted by Crippen LogP contribution is 2.12. The molecule has 0 aliphatic carbocycles. The molecule has 0 aromatic rings. The van der Waals surface area contributed by atoms with Crippen molar-refractivity contribution in [2.45, 2.75) is 12.6 Å². The lowest BCUT2D eigenvalue weighted by atomic mass is 10.4. The highest BCUT2D eigenvalue weighted by Gasteiger charge is 2.29. The fourth-order valence-corrected chi connectivity index (χ4v) is 1.87. The summed E-state index contributed by atoms with van der Waals surface area (Å²) in [5, 5.41) is 1.89. The van der Waals surface area contributed by atoms with Crippen molar-refractivity contribution < 1.29 is 18.0 Å². The minimum atomic E-state index is -4.37. The minimum absolute atomic E-state index is 0.434. The van der Waals surface area contributed by atoms with E-state index in [0.29, 0.717) is 26.2 Å². The van der Waals surface area contributed by atoms with Gasteiger partial charge in [0.25, 0.3) is 0 Å². The highest BCUT2D eigenvalue weighted by molar-refractivity contribution is 5.74. The Labute approximate surface area is 104 Å². The summed E-state index contributed by atoms with van der Waals surface area (Å²) in [7, 11) is 0. The van der Waals surface area contributed by atoms with Crippen LogP contribution in [0, 0.1) is 0 Å². The molecule has 1 fully saturated rings. The Hall–Kier alpha value is -1.02. The van der Waals surface area contributed by atoms with Gasteiger partial charge in [-0.25, -0.2) is 4.79 Å². The van der Waals surface area contributed by atoms with Crippen molar-refractivity contribution in [2.75, 3.05) is 45.8 Å². The van der Waals surface area contributed by atoms with Crippen LogP contribution in [0.1, 0.15) is 6.42 Å². The fraction of sp³-hybridized carbons (Fsp3) is 0.900. The summed E-state index contributed by atoms with van der Waals surface area (Å²) in [6, 6.07) is -0.651. The number of nitrogens with zero attached hydrogens (tertiary/aromatic N) is 2. The van der Waals surface area contributed by atoms with Crippen LogP contribution in [0.4, 0.5) is 18.0 Å². The standard InChI is InChI=1S/C10H19F3N4O/c11-10(12,13)8-15-9(18)17-4-1-3-16(5-2-14)6-7-17/h1-8,14H2,(H,15,18). The van der Waals surface area contributed by atoms with Gasteiger partial charge in [0.1, 0.15) is 6.54 Å². The monoisotopic (exact) mass is 268 g/mol. The Balaban J connectivity index is 2.35. The number of carbonyl (C=O) groups is 1. The normalized spacial score (nSPS) is 18.6. The SMILES string of the molecule is NCCN1CCCN(C(=O)NCC(F)(F)F)CC1. The third kappa shape index (κ3) is 5.54. The number of urea groups is 1. The lowest BCUT2D eigenvalue weighted by Crippen LogP contribution is -2.45. The Bertz CT molecular complexity index is 272. The first kappa shape index (κ1) is 15.0. The van der Waals surface area contributed by atoms with Crippen molar-refractivity contribution in [3.05, 3.63) is 0 Å². The smallest absolute Gasteiger partial charge is 0.329 e. The van der Waals surface area contributed by atoms with E-state index in [4.69, 9.17) is 5.73 Å². The fourth-order valence-electron chi connectivity index (χ4n) is 1.87. The van der Waals surface area contributed by atoms with Gasteiger partial charge in [-0.3, -0.25) is 0 Å². The minimum Gasteiger partial charge on any atom is -0.329 e. The molecule has 5 nitrogen and oxygen atoms in total. The lowest BCUT2D eigenvalue weighted by Gasteiger charge is -2.22. The molecule has 106 valence electrons. The lowest BCUT2D eigenvalue weighted by molar-refractivity contribution is -0.123. The van der Waals surface area contributed by atoms with Crippen molar-refractivity contribution in [3.8, 4) is 0 Å². The summed E-state index contributed by atoms with van der Waals surface area (Å²) in [4.78, 5) is 15.1. The third-order valence-electron chi connectivity index (χ3n) is 2.76. The second-order valence-corrected chi connectivity index (χ2v) is 4.24. The molecule has 0 atom stereocenters. The number of alkyl halides is 3. The molecule has 0 aromatic heterocycles. The number of amides is 2. The largest absolute Gasteiger partial charge is 0.405 e. The molecule has 1 aliphatic rings.